The van der Waals surface area contributed by atoms with Crippen molar-refractivity contribution in [3.63, 3.8) is 0 Å². The highest BCUT2D eigenvalue weighted by molar-refractivity contribution is 5.85. The fraction of sp³-hybridized carbons (Fsp3) is 0.667. The Morgan fingerprint density at radius 3 is 1.56 bits per heavy atom. The van der Waals surface area contributed by atoms with Crippen molar-refractivity contribution in [2.75, 3.05) is 0 Å². The average molecular weight is 255 g/mol. The van der Waals surface area contributed by atoms with Gasteiger partial charge in [0.15, 0.2) is 0 Å². The van der Waals surface area contributed by atoms with Gasteiger partial charge in [-0.3, -0.25) is 14.4 Å². The van der Waals surface area contributed by atoms with Crippen molar-refractivity contribution < 1.29 is 29.0 Å². The van der Waals surface area contributed by atoms with Gasteiger partial charge in [0.1, 0.15) is 5.41 Å². The van der Waals surface area contributed by atoms with E-state index in [9.17, 15) is 14.4 Å². The van der Waals surface area contributed by atoms with Crippen molar-refractivity contribution in [3.8, 4) is 0 Å². The largest absolute Gasteiger partial charge is 0.481 e. The molecule has 94 valence electrons. The third kappa shape index (κ3) is 4.97. The van der Waals surface area contributed by atoms with Gasteiger partial charge in [-0.15, -0.1) is 12.4 Å². The van der Waals surface area contributed by atoms with Crippen LogP contribution in [0.4, 0.5) is 0 Å². The third-order valence-corrected chi connectivity index (χ3v) is 1.69. The number of aliphatic carboxylic acids is 1. The Kier molecular flexibility index (Phi) is 6.76. The zero-order valence-corrected chi connectivity index (χ0v) is 10.3. The minimum absolute atomic E-state index is 0. The fourth-order valence-electron chi connectivity index (χ4n) is 0.721. The van der Waals surface area contributed by atoms with E-state index in [-0.39, 0.29) is 12.4 Å². The van der Waals surface area contributed by atoms with Crippen molar-refractivity contribution in [2.45, 2.75) is 34.0 Å². The van der Waals surface area contributed by atoms with E-state index in [1.807, 2.05) is 0 Å². The van der Waals surface area contributed by atoms with Crippen LogP contribution in [0, 0.1) is 5.41 Å². The molecule has 0 aromatic rings. The van der Waals surface area contributed by atoms with Crippen molar-refractivity contribution in [2.24, 2.45) is 5.41 Å². The van der Waals surface area contributed by atoms with Crippen molar-refractivity contribution in [1.82, 2.24) is 0 Å². The van der Waals surface area contributed by atoms with E-state index in [1.165, 1.54) is 13.8 Å². The number of esters is 2. The van der Waals surface area contributed by atoms with Gasteiger partial charge < -0.3 is 14.6 Å². The normalized spacial score (nSPS) is 10.3. The summed E-state index contributed by atoms with van der Waals surface area (Å²) in [5, 5.41) is 8.85. The first-order valence-corrected chi connectivity index (χ1v) is 4.25. The molecule has 0 bridgehead atoms. The van der Waals surface area contributed by atoms with Crippen LogP contribution in [0.15, 0.2) is 0 Å². The standard InChI is InChI=1S/C9H14O6.ClH/c1-5(10)14-8(15-6(2)11)9(3,4)7(12)13;/h8H,1-4H3,(H,12,13);1H. The van der Waals surface area contributed by atoms with Gasteiger partial charge in [0, 0.05) is 13.8 Å². The van der Waals surface area contributed by atoms with E-state index in [4.69, 9.17) is 5.11 Å². The number of halogens is 1. The summed E-state index contributed by atoms with van der Waals surface area (Å²) in [5.41, 5.74) is -1.49. The Morgan fingerprint density at radius 2 is 1.38 bits per heavy atom. The second-order valence-corrected chi connectivity index (χ2v) is 3.58. The first-order valence-electron chi connectivity index (χ1n) is 4.25. The average Bonchev–Trinajstić information content (AvgIpc) is 2.00. The second kappa shape index (κ2) is 6.32. The van der Waals surface area contributed by atoms with E-state index < -0.39 is 29.6 Å². The van der Waals surface area contributed by atoms with Crippen LogP contribution < -0.4 is 0 Å². The monoisotopic (exact) mass is 254 g/mol. The molecule has 0 saturated carbocycles. The van der Waals surface area contributed by atoms with E-state index in [0.717, 1.165) is 13.8 Å². The maximum atomic E-state index is 10.8. The number of ether oxygens (including phenoxy) is 2. The Labute approximate surface area is 99.3 Å². The van der Waals surface area contributed by atoms with Gasteiger partial charge in [-0.25, -0.2) is 0 Å². The zero-order valence-electron chi connectivity index (χ0n) is 9.47. The molecular formula is C9H15ClO6. The number of hydrogen-bond donors (Lipinski definition) is 1. The van der Waals surface area contributed by atoms with Crippen LogP contribution in [0.5, 0.6) is 0 Å². The lowest BCUT2D eigenvalue weighted by molar-refractivity contribution is -0.211. The quantitative estimate of drug-likeness (QED) is 0.594. The minimum Gasteiger partial charge on any atom is -0.481 e. The minimum atomic E-state index is -1.49. The molecule has 1 N–H and O–H groups in total. The molecule has 7 heteroatoms. The van der Waals surface area contributed by atoms with Gasteiger partial charge in [0.2, 0.25) is 0 Å². The van der Waals surface area contributed by atoms with Gasteiger partial charge in [-0.2, -0.15) is 0 Å². The molecule has 6 nitrogen and oxygen atoms in total. The van der Waals surface area contributed by atoms with Gasteiger partial charge in [-0.1, -0.05) is 0 Å². The fourth-order valence-corrected chi connectivity index (χ4v) is 0.721. The molecule has 0 amide bonds. The van der Waals surface area contributed by atoms with Crippen molar-refractivity contribution in [1.29, 1.82) is 0 Å². The summed E-state index contributed by atoms with van der Waals surface area (Å²) in [5.74, 6) is -2.65. The van der Waals surface area contributed by atoms with Crippen LogP contribution in [-0.4, -0.2) is 29.3 Å². The topological polar surface area (TPSA) is 89.9 Å². The van der Waals surface area contributed by atoms with Gasteiger partial charge in [-0.05, 0) is 13.8 Å². The molecule has 0 heterocycles. The highest BCUT2D eigenvalue weighted by Crippen LogP contribution is 2.25. The lowest BCUT2D eigenvalue weighted by atomic mass is 9.93. The molecule has 16 heavy (non-hydrogen) atoms. The first-order chi connectivity index (χ1) is 6.67. The molecule has 0 rings (SSSR count). The van der Waals surface area contributed by atoms with E-state index in [0.29, 0.717) is 0 Å². The smallest absolute Gasteiger partial charge is 0.316 e. The lowest BCUT2D eigenvalue weighted by Gasteiger charge is -2.28. The molecular weight excluding hydrogens is 240 g/mol. The molecule has 0 aromatic carbocycles. The number of carboxylic acid groups (broad SMARTS) is 1. The molecule has 0 radical (unpaired) electrons. The molecule has 0 aliphatic heterocycles. The van der Waals surface area contributed by atoms with Crippen molar-refractivity contribution in [3.05, 3.63) is 0 Å². The molecule has 0 unspecified atom stereocenters. The summed E-state index contributed by atoms with van der Waals surface area (Å²) in [6.07, 6.45) is -1.43. The van der Waals surface area contributed by atoms with Crippen molar-refractivity contribution >= 4 is 30.3 Å². The predicted molar refractivity (Wildman–Crippen MR) is 56.0 cm³/mol. The van der Waals surface area contributed by atoms with Gasteiger partial charge in [0.25, 0.3) is 6.29 Å². The highest BCUT2D eigenvalue weighted by atomic mass is 35.5. The van der Waals surface area contributed by atoms with Crippen LogP contribution in [0.2, 0.25) is 0 Å². The number of rotatable bonds is 4. The Hall–Kier alpha value is -1.30. The maximum absolute atomic E-state index is 10.8. The van der Waals surface area contributed by atoms with Gasteiger partial charge in [0.05, 0.1) is 0 Å². The summed E-state index contributed by atoms with van der Waals surface area (Å²) in [7, 11) is 0. The molecule has 0 aliphatic rings. The summed E-state index contributed by atoms with van der Waals surface area (Å²) in [6.45, 7) is 4.81. The predicted octanol–water partition coefficient (Wildman–Crippen LogP) is 0.971. The van der Waals surface area contributed by atoms with E-state index in [1.54, 1.807) is 0 Å². The summed E-state index contributed by atoms with van der Waals surface area (Å²) in [6, 6.07) is 0. The lowest BCUT2D eigenvalue weighted by Crippen LogP contribution is -2.42. The van der Waals surface area contributed by atoms with Crippen LogP contribution in [0.3, 0.4) is 0 Å². The number of carbonyl (C=O) groups is 3. The van der Waals surface area contributed by atoms with E-state index in [2.05, 4.69) is 9.47 Å². The molecule has 0 spiro atoms. The first kappa shape index (κ1) is 17.1. The van der Waals surface area contributed by atoms with Crippen LogP contribution in [0.25, 0.3) is 0 Å². The SMILES string of the molecule is CC(=O)OC(OC(C)=O)C(C)(C)C(=O)O.Cl. The summed E-state index contributed by atoms with van der Waals surface area (Å²) < 4.78 is 9.25. The summed E-state index contributed by atoms with van der Waals surface area (Å²) in [4.78, 5) is 32.2. The molecule has 0 fully saturated rings. The second-order valence-electron chi connectivity index (χ2n) is 3.58. The van der Waals surface area contributed by atoms with E-state index >= 15 is 0 Å². The molecule has 0 aliphatic carbocycles. The Balaban J connectivity index is 0. The van der Waals surface area contributed by atoms with Crippen LogP contribution in [-0.2, 0) is 23.9 Å². The van der Waals surface area contributed by atoms with Gasteiger partial charge >= 0.3 is 17.9 Å². The van der Waals surface area contributed by atoms with Crippen LogP contribution in [0.1, 0.15) is 27.7 Å². The molecule has 0 aromatic heterocycles. The van der Waals surface area contributed by atoms with Crippen LogP contribution >= 0.6 is 12.4 Å². The molecule has 0 saturated heterocycles. The Morgan fingerprint density at radius 1 is 1.06 bits per heavy atom. The number of carbonyl (C=O) groups excluding carboxylic acids is 2. The molecule has 0 atom stereocenters. The highest BCUT2D eigenvalue weighted by Gasteiger charge is 2.42. The third-order valence-electron chi connectivity index (χ3n) is 1.69. The number of hydrogen-bond acceptors (Lipinski definition) is 5. The Bertz CT molecular complexity index is 270. The zero-order chi connectivity index (χ0) is 12.2. The maximum Gasteiger partial charge on any atom is 0.316 e. The summed E-state index contributed by atoms with van der Waals surface area (Å²) >= 11 is 0. The number of carboxylic acids is 1.